The number of carbonyl (C=O) groups is 1. The molecule has 0 spiro atoms. The van der Waals surface area contributed by atoms with Crippen molar-refractivity contribution < 1.29 is 9.53 Å². The summed E-state index contributed by atoms with van der Waals surface area (Å²) in [4.78, 5) is 11.3. The van der Waals surface area contributed by atoms with Crippen LogP contribution in [0.4, 0.5) is 0 Å². The second kappa shape index (κ2) is 2.73. The third kappa shape index (κ3) is 1.15. The van der Waals surface area contributed by atoms with E-state index < -0.39 is 0 Å². The van der Waals surface area contributed by atoms with Gasteiger partial charge in [-0.05, 0) is 26.0 Å². The number of rotatable bonds is 0. The molecule has 1 aromatic carbocycles. The van der Waals surface area contributed by atoms with Crippen LogP contribution in [0.3, 0.4) is 0 Å². The number of hydrogen-bond acceptors (Lipinski definition) is 2. The maximum atomic E-state index is 11.3. The molecule has 0 N–H and O–H groups in total. The molecule has 0 aromatic heterocycles. The van der Waals surface area contributed by atoms with Crippen LogP contribution in [0.2, 0.25) is 0 Å². The minimum atomic E-state index is -0.244. The van der Waals surface area contributed by atoms with Crippen molar-refractivity contribution in [3.8, 4) is 0 Å². The first-order valence-electron chi connectivity index (χ1n) is 4.22. The Labute approximate surface area is 76.8 Å². The number of carbonyl (C=O) groups excluding carboxylic acids is 1. The molecule has 1 aliphatic rings. The van der Waals surface area contributed by atoms with Gasteiger partial charge in [-0.2, -0.15) is 0 Å². The lowest BCUT2D eigenvalue weighted by Crippen LogP contribution is -1.93. The third-order valence-corrected chi connectivity index (χ3v) is 2.13. The van der Waals surface area contributed by atoms with Crippen molar-refractivity contribution in [1.82, 2.24) is 0 Å². The van der Waals surface area contributed by atoms with Gasteiger partial charge in [-0.15, -0.1) is 0 Å². The maximum absolute atomic E-state index is 11.3. The standard InChI is InChI=1S/C11H10O2/c1-3-10-8-5-4-7(2)6-9(8)11(12)13-10/h3-6H,1-2H3/b10-3+. The van der Waals surface area contributed by atoms with E-state index in [0.717, 1.165) is 11.1 Å². The lowest BCUT2D eigenvalue weighted by atomic mass is 10.1. The molecule has 0 radical (unpaired) electrons. The molecule has 2 heteroatoms. The molecule has 66 valence electrons. The van der Waals surface area contributed by atoms with E-state index in [2.05, 4.69) is 0 Å². The van der Waals surface area contributed by atoms with Crippen LogP contribution in [0.1, 0.15) is 28.4 Å². The second-order valence-electron chi connectivity index (χ2n) is 3.09. The van der Waals surface area contributed by atoms with Crippen LogP contribution >= 0.6 is 0 Å². The largest absolute Gasteiger partial charge is 0.423 e. The first-order valence-corrected chi connectivity index (χ1v) is 4.22. The number of esters is 1. The maximum Gasteiger partial charge on any atom is 0.344 e. The highest BCUT2D eigenvalue weighted by molar-refractivity contribution is 6.03. The van der Waals surface area contributed by atoms with Crippen molar-refractivity contribution in [2.45, 2.75) is 13.8 Å². The van der Waals surface area contributed by atoms with Gasteiger partial charge < -0.3 is 4.74 Å². The number of benzene rings is 1. The molecule has 0 unspecified atom stereocenters. The van der Waals surface area contributed by atoms with Gasteiger partial charge in [-0.25, -0.2) is 4.79 Å². The highest BCUT2D eigenvalue weighted by atomic mass is 16.5. The van der Waals surface area contributed by atoms with Gasteiger partial charge >= 0.3 is 5.97 Å². The normalized spacial score (nSPS) is 17.4. The molecule has 2 rings (SSSR count). The summed E-state index contributed by atoms with van der Waals surface area (Å²) in [6.45, 7) is 3.82. The second-order valence-corrected chi connectivity index (χ2v) is 3.09. The van der Waals surface area contributed by atoms with Gasteiger partial charge in [-0.3, -0.25) is 0 Å². The highest BCUT2D eigenvalue weighted by Crippen LogP contribution is 2.29. The molecule has 1 heterocycles. The van der Waals surface area contributed by atoms with E-state index in [4.69, 9.17) is 4.74 Å². The zero-order chi connectivity index (χ0) is 9.42. The van der Waals surface area contributed by atoms with Gasteiger partial charge in [0.15, 0.2) is 0 Å². The van der Waals surface area contributed by atoms with Crippen molar-refractivity contribution in [2.75, 3.05) is 0 Å². The van der Waals surface area contributed by atoms with E-state index >= 15 is 0 Å². The average Bonchev–Trinajstić information content (AvgIpc) is 2.43. The van der Waals surface area contributed by atoms with E-state index in [1.54, 1.807) is 6.08 Å². The van der Waals surface area contributed by atoms with Crippen LogP contribution in [-0.4, -0.2) is 5.97 Å². The molecule has 0 atom stereocenters. The zero-order valence-corrected chi connectivity index (χ0v) is 7.63. The molecule has 2 nitrogen and oxygen atoms in total. The van der Waals surface area contributed by atoms with E-state index in [9.17, 15) is 4.79 Å². The predicted molar refractivity (Wildman–Crippen MR) is 50.2 cm³/mol. The third-order valence-electron chi connectivity index (χ3n) is 2.13. The Kier molecular flexibility index (Phi) is 1.69. The number of allylic oxidation sites excluding steroid dienone is 1. The minimum absolute atomic E-state index is 0.244. The summed E-state index contributed by atoms with van der Waals surface area (Å²) >= 11 is 0. The molecule has 13 heavy (non-hydrogen) atoms. The van der Waals surface area contributed by atoms with Crippen LogP contribution in [-0.2, 0) is 4.74 Å². The van der Waals surface area contributed by atoms with Gasteiger partial charge in [0.25, 0.3) is 0 Å². The number of fused-ring (bicyclic) bond motifs is 1. The molecule has 0 fully saturated rings. The van der Waals surface area contributed by atoms with Crippen molar-refractivity contribution in [1.29, 1.82) is 0 Å². The fourth-order valence-electron chi connectivity index (χ4n) is 1.47. The van der Waals surface area contributed by atoms with Crippen LogP contribution in [0.15, 0.2) is 24.3 Å². The molecular weight excluding hydrogens is 164 g/mol. The summed E-state index contributed by atoms with van der Waals surface area (Å²) in [7, 11) is 0. The number of aryl methyl sites for hydroxylation is 1. The Morgan fingerprint density at radius 3 is 2.77 bits per heavy atom. The number of ether oxygens (including phenoxy) is 1. The molecule has 0 bridgehead atoms. The van der Waals surface area contributed by atoms with Gasteiger partial charge in [0.1, 0.15) is 5.76 Å². The molecule has 0 amide bonds. The molecule has 1 aliphatic heterocycles. The van der Waals surface area contributed by atoms with Crippen LogP contribution in [0.25, 0.3) is 5.76 Å². The summed E-state index contributed by atoms with van der Waals surface area (Å²) < 4.78 is 5.06. The van der Waals surface area contributed by atoms with Gasteiger partial charge in [0, 0.05) is 5.56 Å². The number of hydrogen-bond donors (Lipinski definition) is 0. The van der Waals surface area contributed by atoms with Crippen LogP contribution < -0.4 is 0 Å². The number of cyclic esters (lactones) is 1. The molecule has 0 saturated heterocycles. The average molecular weight is 174 g/mol. The first kappa shape index (κ1) is 8.05. The Balaban J connectivity index is 2.65. The Morgan fingerprint density at radius 1 is 1.31 bits per heavy atom. The monoisotopic (exact) mass is 174 g/mol. The van der Waals surface area contributed by atoms with Crippen LogP contribution in [0.5, 0.6) is 0 Å². The molecule has 0 saturated carbocycles. The van der Waals surface area contributed by atoms with Gasteiger partial charge in [0.05, 0.1) is 5.56 Å². The molecule has 0 aliphatic carbocycles. The van der Waals surface area contributed by atoms with Crippen molar-refractivity contribution in [2.24, 2.45) is 0 Å². The van der Waals surface area contributed by atoms with Crippen molar-refractivity contribution in [3.05, 3.63) is 41.0 Å². The lowest BCUT2D eigenvalue weighted by Gasteiger charge is -1.96. The highest BCUT2D eigenvalue weighted by Gasteiger charge is 2.25. The topological polar surface area (TPSA) is 26.3 Å². The molecular formula is C11H10O2. The summed E-state index contributed by atoms with van der Waals surface area (Å²) in [6.07, 6.45) is 1.80. The van der Waals surface area contributed by atoms with E-state index in [1.807, 2.05) is 32.0 Å². The SMILES string of the molecule is C/C=C1/OC(=O)c2cc(C)ccc21. The first-order chi connectivity index (χ1) is 6.22. The van der Waals surface area contributed by atoms with E-state index in [0.29, 0.717) is 11.3 Å². The smallest absolute Gasteiger partial charge is 0.344 e. The predicted octanol–water partition coefficient (Wildman–Crippen LogP) is 2.53. The fraction of sp³-hybridized carbons (Fsp3) is 0.182. The summed E-state index contributed by atoms with van der Waals surface area (Å²) in [5.41, 5.74) is 2.65. The summed E-state index contributed by atoms with van der Waals surface area (Å²) in [5, 5.41) is 0. The van der Waals surface area contributed by atoms with E-state index in [1.165, 1.54) is 0 Å². The van der Waals surface area contributed by atoms with Gasteiger partial charge in [0.2, 0.25) is 0 Å². The Hall–Kier alpha value is -1.57. The van der Waals surface area contributed by atoms with Crippen molar-refractivity contribution >= 4 is 11.7 Å². The lowest BCUT2D eigenvalue weighted by molar-refractivity contribution is 0.0715. The fourth-order valence-corrected chi connectivity index (χ4v) is 1.47. The Morgan fingerprint density at radius 2 is 2.08 bits per heavy atom. The molecule has 1 aromatic rings. The zero-order valence-electron chi connectivity index (χ0n) is 7.63. The minimum Gasteiger partial charge on any atom is -0.423 e. The summed E-state index contributed by atoms with van der Waals surface area (Å²) in [6, 6.07) is 5.75. The van der Waals surface area contributed by atoms with E-state index in [-0.39, 0.29) is 5.97 Å². The summed E-state index contributed by atoms with van der Waals surface area (Å²) in [5.74, 6) is 0.423. The van der Waals surface area contributed by atoms with Gasteiger partial charge in [-0.1, -0.05) is 17.7 Å². The Bertz CT molecular complexity index is 403. The quantitative estimate of drug-likeness (QED) is 0.565. The van der Waals surface area contributed by atoms with Crippen LogP contribution in [0, 0.1) is 6.92 Å². The van der Waals surface area contributed by atoms with Crippen molar-refractivity contribution in [3.63, 3.8) is 0 Å².